The second-order valence-corrected chi connectivity index (χ2v) is 5.52. The maximum Gasteiger partial charge on any atom is 0.418 e. The minimum Gasteiger partial charge on any atom is -0.443 e. The van der Waals surface area contributed by atoms with Crippen LogP contribution in [0.3, 0.4) is 0 Å². The van der Waals surface area contributed by atoms with Crippen LogP contribution in [-0.2, 0) is 4.74 Å². The van der Waals surface area contributed by atoms with Crippen LogP contribution < -0.4 is 5.32 Å². The van der Waals surface area contributed by atoms with Crippen LogP contribution in [0.2, 0.25) is 0 Å². The second kappa shape index (κ2) is 5.00. The van der Waals surface area contributed by atoms with Crippen LogP contribution in [0.15, 0.2) is 30.5 Å². The molecule has 0 spiro atoms. The van der Waals surface area contributed by atoms with Gasteiger partial charge in [0, 0.05) is 24.2 Å². The van der Waals surface area contributed by atoms with Crippen LogP contribution >= 0.6 is 0 Å². The van der Waals surface area contributed by atoms with Crippen molar-refractivity contribution in [3.8, 4) is 0 Å². The molecule has 20 heavy (non-hydrogen) atoms. The van der Waals surface area contributed by atoms with E-state index in [0.29, 0.717) is 11.1 Å². The fourth-order valence-corrected chi connectivity index (χ4v) is 1.88. The molecule has 5 nitrogen and oxygen atoms in total. The molecule has 2 rings (SSSR count). The molecular weight excluding hydrogens is 256 g/mol. The summed E-state index contributed by atoms with van der Waals surface area (Å²) in [7, 11) is 1.57. The van der Waals surface area contributed by atoms with Gasteiger partial charge in [-0.25, -0.2) is 4.79 Å². The predicted molar refractivity (Wildman–Crippen MR) is 77.0 cm³/mol. The highest BCUT2D eigenvalue weighted by Gasteiger charge is 2.19. The number of nitrogens with zero attached hydrogens (tertiary/aromatic N) is 1. The minimum atomic E-state index is -0.563. The smallest absolute Gasteiger partial charge is 0.418 e. The highest BCUT2D eigenvalue weighted by molar-refractivity contribution is 5.99. The zero-order valence-corrected chi connectivity index (χ0v) is 12.1. The first kappa shape index (κ1) is 14.1. The number of rotatable bonds is 1. The average Bonchev–Trinajstić information content (AvgIpc) is 2.78. The Morgan fingerprint density at radius 3 is 2.50 bits per heavy atom. The Labute approximate surface area is 117 Å². The van der Waals surface area contributed by atoms with Gasteiger partial charge in [-0.2, -0.15) is 0 Å². The van der Waals surface area contributed by atoms with E-state index in [1.807, 2.05) is 26.8 Å². The molecule has 0 saturated heterocycles. The number of aromatic nitrogens is 1. The topological polar surface area (TPSA) is 60.3 Å². The van der Waals surface area contributed by atoms with E-state index in [0.717, 1.165) is 5.39 Å². The van der Waals surface area contributed by atoms with Gasteiger partial charge in [0.25, 0.3) is 5.91 Å². The molecule has 1 N–H and O–H groups in total. The van der Waals surface area contributed by atoms with Crippen LogP contribution in [0.25, 0.3) is 10.9 Å². The molecule has 0 bridgehead atoms. The molecule has 1 aromatic carbocycles. The summed E-state index contributed by atoms with van der Waals surface area (Å²) in [6, 6.07) is 7.02. The van der Waals surface area contributed by atoms with E-state index in [9.17, 15) is 9.59 Å². The fraction of sp³-hybridized carbons (Fsp3) is 0.333. The van der Waals surface area contributed by atoms with Crippen molar-refractivity contribution in [3.05, 3.63) is 36.0 Å². The van der Waals surface area contributed by atoms with E-state index in [4.69, 9.17) is 4.74 Å². The van der Waals surface area contributed by atoms with Gasteiger partial charge in [0.2, 0.25) is 0 Å². The molecule has 1 aromatic heterocycles. The maximum atomic E-state index is 12.1. The van der Waals surface area contributed by atoms with Gasteiger partial charge in [0.15, 0.2) is 0 Å². The molecular formula is C15H18N2O3. The van der Waals surface area contributed by atoms with Gasteiger partial charge in [-0.05, 0) is 39.0 Å². The van der Waals surface area contributed by atoms with Gasteiger partial charge >= 0.3 is 6.09 Å². The molecule has 5 heteroatoms. The normalized spacial score (nSPS) is 11.4. The van der Waals surface area contributed by atoms with Crippen molar-refractivity contribution in [1.82, 2.24) is 9.88 Å². The largest absolute Gasteiger partial charge is 0.443 e. The highest BCUT2D eigenvalue weighted by atomic mass is 16.6. The van der Waals surface area contributed by atoms with Crippen molar-refractivity contribution in [3.63, 3.8) is 0 Å². The molecule has 0 radical (unpaired) electrons. The predicted octanol–water partition coefficient (Wildman–Crippen LogP) is 2.78. The van der Waals surface area contributed by atoms with Gasteiger partial charge in [-0.1, -0.05) is 6.07 Å². The number of carbonyl (C=O) groups is 2. The zero-order chi connectivity index (χ0) is 14.9. The number of hydrogen-bond acceptors (Lipinski definition) is 3. The Morgan fingerprint density at radius 1 is 1.20 bits per heavy atom. The summed E-state index contributed by atoms with van der Waals surface area (Å²) < 4.78 is 6.75. The third kappa shape index (κ3) is 2.82. The van der Waals surface area contributed by atoms with Crippen LogP contribution in [0, 0.1) is 0 Å². The van der Waals surface area contributed by atoms with E-state index in [-0.39, 0.29) is 5.91 Å². The lowest BCUT2D eigenvalue weighted by Gasteiger charge is -2.19. The third-order valence-electron chi connectivity index (χ3n) is 2.77. The summed E-state index contributed by atoms with van der Waals surface area (Å²) in [6.07, 6.45) is 1.19. The Morgan fingerprint density at radius 2 is 1.90 bits per heavy atom. The lowest BCUT2D eigenvalue weighted by Crippen LogP contribution is -2.26. The number of ether oxygens (including phenoxy) is 1. The molecule has 2 aromatic rings. The van der Waals surface area contributed by atoms with E-state index >= 15 is 0 Å². The lowest BCUT2D eigenvalue weighted by molar-refractivity contribution is 0.0544. The number of nitrogens with one attached hydrogen (secondary N) is 1. The van der Waals surface area contributed by atoms with Crippen molar-refractivity contribution in [2.75, 3.05) is 7.05 Å². The van der Waals surface area contributed by atoms with Crippen molar-refractivity contribution >= 4 is 22.9 Å². The summed E-state index contributed by atoms with van der Waals surface area (Å²) >= 11 is 0. The summed E-state index contributed by atoms with van der Waals surface area (Å²) in [5, 5.41) is 3.44. The summed E-state index contributed by atoms with van der Waals surface area (Å²) in [6.45, 7) is 5.44. The molecule has 0 saturated carbocycles. The van der Waals surface area contributed by atoms with Gasteiger partial charge in [-0.3, -0.25) is 9.36 Å². The van der Waals surface area contributed by atoms with Crippen LogP contribution in [0.4, 0.5) is 4.79 Å². The number of amides is 1. The first-order chi connectivity index (χ1) is 9.31. The first-order valence-corrected chi connectivity index (χ1v) is 6.38. The van der Waals surface area contributed by atoms with Crippen LogP contribution in [-0.4, -0.2) is 29.2 Å². The molecule has 0 atom stereocenters. The number of benzene rings is 1. The third-order valence-corrected chi connectivity index (χ3v) is 2.77. The molecule has 0 fully saturated rings. The molecule has 1 heterocycles. The van der Waals surface area contributed by atoms with Gasteiger partial charge in [0.05, 0.1) is 5.52 Å². The van der Waals surface area contributed by atoms with Gasteiger partial charge in [-0.15, -0.1) is 0 Å². The number of hydrogen-bond donors (Lipinski definition) is 1. The molecule has 0 aliphatic rings. The van der Waals surface area contributed by atoms with Gasteiger partial charge < -0.3 is 10.1 Å². The molecule has 0 unspecified atom stereocenters. The van der Waals surface area contributed by atoms with Crippen LogP contribution in [0.5, 0.6) is 0 Å². The van der Waals surface area contributed by atoms with Crippen LogP contribution in [0.1, 0.15) is 31.1 Å². The first-order valence-electron chi connectivity index (χ1n) is 6.38. The summed E-state index contributed by atoms with van der Waals surface area (Å²) in [5.74, 6) is -0.191. The Bertz CT molecular complexity index is 665. The highest BCUT2D eigenvalue weighted by Crippen LogP contribution is 2.19. The minimum absolute atomic E-state index is 0.191. The van der Waals surface area contributed by atoms with Gasteiger partial charge in [0.1, 0.15) is 5.60 Å². The molecule has 1 amide bonds. The van der Waals surface area contributed by atoms with Crippen molar-refractivity contribution < 1.29 is 14.3 Å². The standard InChI is InChI=1S/C15H18N2O3/c1-15(2,3)20-14(19)17-8-7-10-5-6-11(9-12(10)17)13(18)16-4/h5-9H,1-4H3,(H,16,18). The van der Waals surface area contributed by atoms with E-state index in [1.54, 1.807) is 31.4 Å². The summed E-state index contributed by atoms with van der Waals surface area (Å²) in [4.78, 5) is 23.8. The second-order valence-electron chi connectivity index (χ2n) is 5.52. The molecule has 0 aliphatic heterocycles. The zero-order valence-electron chi connectivity index (χ0n) is 12.1. The molecule has 106 valence electrons. The van der Waals surface area contributed by atoms with Crippen molar-refractivity contribution in [1.29, 1.82) is 0 Å². The number of carbonyl (C=O) groups excluding carboxylic acids is 2. The average molecular weight is 274 g/mol. The van der Waals surface area contributed by atoms with Crippen molar-refractivity contribution in [2.45, 2.75) is 26.4 Å². The Kier molecular flexibility index (Phi) is 3.53. The lowest BCUT2D eigenvalue weighted by atomic mass is 10.1. The monoisotopic (exact) mass is 274 g/mol. The summed E-state index contributed by atoms with van der Waals surface area (Å²) in [5.41, 5.74) is 0.593. The molecule has 0 aliphatic carbocycles. The quantitative estimate of drug-likeness (QED) is 0.869. The fourth-order valence-electron chi connectivity index (χ4n) is 1.88. The van der Waals surface area contributed by atoms with E-state index in [1.165, 1.54) is 4.57 Å². The van der Waals surface area contributed by atoms with Crippen molar-refractivity contribution in [2.24, 2.45) is 0 Å². The Balaban J connectivity index is 2.44. The van der Waals surface area contributed by atoms with E-state index in [2.05, 4.69) is 5.32 Å². The SMILES string of the molecule is CNC(=O)c1ccc2ccn(C(=O)OC(C)(C)C)c2c1. The Hall–Kier alpha value is -2.30. The maximum absolute atomic E-state index is 12.1. The van der Waals surface area contributed by atoms with E-state index < -0.39 is 11.7 Å². The number of fused-ring (bicyclic) bond motifs is 1.